The molecule has 0 aliphatic carbocycles. The minimum absolute atomic E-state index is 0.0108. The van der Waals surface area contributed by atoms with E-state index >= 15 is 0 Å². The van der Waals surface area contributed by atoms with Crippen molar-refractivity contribution in [3.8, 4) is 0 Å². The first-order valence-electron chi connectivity index (χ1n) is 6.99. The van der Waals surface area contributed by atoms with Crippen LogP contribution in [-0.2, 0) is 14.8 Å². The highest BCUT2D eigenvalue weighted by Crippen LogP contribution is 2.32. The Morgan fingerprint density at radius 3 is 2.73 bits per heavy atom. The number of ether oxygens (including phenoxy) is 1. The van der Waals surface area contributed by atoms with Crippen LogP contribution in [0.15, 0.2) is 27.6 Å². The van der Waals surface area contributed by atoms with Crippen LogP contribution in [0.3, 0.4) is 0 Å². The number of sulfonamides is 1. The van der Waals surface area contributed by atoms with Gasteiger partial charge >= 0.3 is 5.97 Å². The lowest BCUT2D eigenvalue weighted by molar-refractivity contribution is 0.0696. The number of halogens is 1. The van der Waals surface area contributed by atoms with E-state index in [4.69, 9.17) is 9.84 Å². The number of carbonyl (C=O) groups is 1. The summed E-state index contributed by atoms with van der Waals surface area (Å²) in [5.74, 6) is -0.487. The van der Waals surface area contributed by atoms with Gasteiger partial charge in [0.05, 0.1) is 17.1 Å². The zero-order valence-electron chi connectivity index (χ0n) is 11.7. The Labute approximate surface area is 137 Å². The molecule has 0 amide bonds. The molecule has 0 saturated carbocycles. The first-order valence-corrected chi connectivity index (χ1v) is 9.23. The third-order valence-corrected chi connectivity index (χ3v) is 6.57. The Balaban J connectivity index is 1.91. The molecule has 2 aliphatic heterocycles. The van der Waals surface area contributed by atoms with Crippen molar-refractivity contribution in [2.45, 2.75) is 11.3 Å². The molecule has 0 radical (unpaired) electrons. The maximum atomic E-state index is 12.8. The lowest BCUT2D eigenvalue weighted by atomic mass is 9.90. The van der Waals surface area contributed by atoms with Crippen molar-refractivity contribution in [2.75, 3.05) is 26.3 Å². The molecule has 8 heteroatoms. The second kappa shape index (κ2) is 5.92. The zero-order valence-corrected chi connectivity index (χ0v) is 14.1. The molecular weight excluding hydrogens is 374 g/mol. The predicted octanol–water partition coefficient (Wildman–Crippen LogP) is 1.80. The van der Waals surface area contributed by atoms with Crippen molar-refractivity contribution in [2.24, 2.45) is 11.8 Å². The van der Waals surface area contributed by atoms with Gasteiger partial charge in [-0.3, -0.25) is 0 Å². The average Bonchev–Trinajstić information content (AvgIpc) is 2.93. The van der Waals surface area contributed by atoms with Gasteiger partial charge in [-0.2, -0.15) is 4.31 Å². The number of piperidine rings is 1. The van der Waals surface area contributed by atoms with Gasteiger partial charge in [-0.1, -0.05) is 15.9 Å². The number of hydrogen-bond donors (Lipinski definition) is 1. The number of hydrogen-bond acceptors (Lipinski definition) is 4. The molecule has 3 rings (SSSR count). The highest BCUT2D eigenvalue weighted by Gasteiger charge is 2.38. The van der Waals surface area contributed by atoms with Crippen LogP contribution in [0, 0.1) is 11.8 Å². The Morgan fingerprint density at radius 1 is 1.27 bits per heavy atom. The standard InChI is InChI=1S/C14H16BrNO5S/c15-12-3-10(14(17)18)4-13(5-12)22(19,20)16-2-1-9-7-21-8-11(9)6-16/h3-5,9,11H,1-2,6-8H2,(H,17,18). The van der Waals surface area contributed by atoms with Crippen molar-refractivity contribution in [3.63, 3.8) is 0 Å². The number of carboxylic acids is 1. The first kappa shape index (κ1) is 15.9. The minimum atomic E-state index is -3.69. The largest absolute Gasteiger partial charge is 0.478 e. The van der Waals surface area contributed by atoms with Gasteiger partial charge in [0.25, 0.3) is 0 Å². The Kier molecular flexibility index (Phi) is 4.28. The molecule has 0 spiro atoms. The van der Waals surface area contributed by atoms with Crippen LogP contribution in [0.1, 0.15) is 16.8 Å². The molecule has 6 nitrogen and oxygen atoms in total. The van der Waals surface area contributed by atoms with Gasteiger partial charge in [0.2, 0.25) is 10.0 Å². The number of benzene rings is 1. The molecule has 1 aromatic rings. The van der Waals surface area contributed by atoms with E-state index in [-0.39, 0.29) is 16.4 Å². The first-order chi connectivity index (χ1) is 10.4. The van der Waals surface area contributed by atoms with E-state index in [0.29, 0.717) is 36.7 Å². The summed E-state index contributed by atoms with van der Waals surface area (Å²) in [4.78, 5) is 11.1. The monoisotopic (exact) mass is 389 g/mol. The molecule has 2 atom stereocenters. The number of nitrogens with zero attached hydrogens (tertiary/aromatic N) is 1. The van der Waals surface area contributed by atoms with Gasteiger partial charge in [0.15, 0.2) is 0 Å². The highest BCUT2D eigenvalue weighted by atomic mass is 79.9. The van der Waals surface area contributed by atoms with Crippen LogP contribution >= 0.6 is 15.9 Å². The smallest absolute Gasteiger partial charge is 0.335 e. The van der Waals surface area contributed by atoms with Gasteiger partial charge in [0.1, 0.15) is 0 Å². The summed E-state index contributed by atoms with van der Waals surface area (Å²) < 4.78 is 32.8. The molecule has 1 aromatic carbocycles. The van der Waals surface area contributed by atoms with Gasteiger partial charge < -0.3 is 9.84 Å². The second-order valence-corrected chi connectivity index (χ2v) is 8.54. The molecule has 120 valence electrons. The van der Waals surface area contributed by atoms with Crippen LogP contribution in [0.25, 0.3) is 0 Å². The van der Waals surface area contributed by atoms with Crippen molar-refractivity contribution >= 4 is 31.9 Å². The van der Waals surface area contributed by atoms with E-state index in [1.807, 2.05) is 0 Å². The Bertz CT molecular complexity index is 705. The summed E-state index contributed by atoms with van der Waals surface area (Å²) in [5.41, 5.74) is -0.0490. The average molecular weight is 390 g/mol. The molecule has 1 N–H and O–H groups in total. The molecule has 2 unspecified atom stereocenters. The number of aromatic carboxylic acids is 1. The Hall–Kier alpha value is -0.960. The van der Waals surface area contributed by atoms with Crippen molar-refractivity contribution in [1.29, 1.82) is 0 Å². The molecule has 0 bridgehead atoms. The fourth-order valence-electron chi connectivity index (χ4n) is 3.03. The van der Waals surface area contributed by atoms with Crippen LogP contribution in [0.5, 0.6) is 0 Å². The summed E-state index contributed by atoms with van der Waals surface area (Å²) in [5, 5.41) is 9.09. The van der Waals surface area contributed by atoms with Crippen molar-refractivity contribution in [1.82, 2.24) is 4.31 Å². The van der Waals surface area contributed by atoms with E-state index in [1.165, 1.54) is 22.5 Å². The van der Waals surface area contributed by atoms with Crippen molar-refractivity contribution in [3.05, 3.63) is 28.2 Å². The number of fused-ring (bicyclic) bond motifs is 1. The third kappa shape index (κ3) is 2.92. The molecular formula is C14H16BrNO5S. The highest BCUT2D eigenvalue weighted by molar-refractivity contribution is 9.10. The Morgan fingerprint density at radius 2 is 2.00 bits per heavy atom. The molecule has 2 saturated heterocycles. The van der Waals surface area contributed by atoms with Crippen LogP contribution in [-0.4, -0.2) is 50.1 Å². The van der Waals surface area contributed by atoms with E-state index in [1.54, 1.807) is 0 Å². The van der Waals surface area contributed by atoms with Gasteiger partial charge in [0, 0.05) is 30.1 Å². The molecule has 2 fully saturated rings. The summed E-state index contributed by atoms with van der Waals surface area (Å²) in [6.07, 6.45) is 0.781. The molecule has 2 aliphatic rings. The quantitative estimate of drug-likeness (QED) is 0.851. The number of rotatable bonds is 3. The summed E-state index contributed by atoms with van der Waals surface area (Å²) in [7, 11) is -3.69. The van der Waals surface area contributed by atoms with E-state index in [9.17, 15) is 13.2 Å². The SMILES string of the molecule is O=C(O)c1cc(Br)cc(S(=O)(=O)N2CCC3COCC3C2)c1. The van der Waals surface area contributed by atoms with Gasteiger partial charge in [-0.15, -0.1) is 0 Å². The zero-order chi connectivity index (χ0) is 15.9. The maximum Gasteiger partial charge on any atom is 0.335 e. The summed E-state index contributed by atoms with van der Waals surface area (Å²) >= 11 is 3.18. The van der Waals surface area contributed by atoms with E-state index in [2.05, 4.69) is 15.9 Å². The second-order valence-electron chi connectivity index (χ2n) is 5.69. The van der Waals surface area contributed by atoms with Gasteiger partial charge in [-0.25, -0.2) is 13.2 Å². The van der Waals surface area contributed by atoms with Crippen LogP contribution in [0.4, 0.5) is 0 Å². The van der Waals surface area contributed by atoms with Crippen molar-refractivity contribution < 1.29 is 23.1 Å². The topological polar surface area (TPSA) is 83.9 Å². The number of carboxylic acid groups (broad SMARTS) is 1. The van der Waals surface area contributed by atoms with Crippen LogP contribution < -0.4 is 0 Å². The molecule has 22 heavy (non-hydrogen) atoms. The van der Waals surface area contributed by atoms with E-state index in [0.717, 1.165) is 6.42 Å². The predicted molar refractivity (Wildman–Crippen MR) is 82.3 cm³/mol. The van der Waals surface area contributed by atoms with Crippen LogP contribution in [0.2, 0.25) is 0 Å². The minimum Gasteiger partial charge on any atom is -0.478 e. The summed E-state index contributed by atoms with van der Waals surface area (Å²) in [6.45, 7) is 2.18. The molecule has 0 aromatic heterocycles. The van der Waals surface area contributed by atoms with Gasteiger partial charge in [-0.05, 0) is 30.5 Å². The fourth-order valence-corrected chi connectivity index (χ4v) is 5.26. The van der Waals surface area contributed by atoms with E-state index < -0.39 is 16.0 Å². The lowest BCUT2D eigenvalue weighted by Crippen LogP contribution is -2.43. The third-order valence-electron chi connectivity index (χ3n) is 4.27. The maximum absolute atomic E-state index is 12.8. The fraction of sp³-hybridized carbons (Fsp3) is 0.500. The summed E-state index contributed by atoms with van der Waals surface area (Å²) in [6, 6.07) is 4.04. The lowest BCUT2D eigenvalue weighted by Gasteiger charge is -2.33. The normalized spacial score (nSPS) is 25.9. The molecule has 2 heterocycles.